The van der Waals surface area contributed by atoms with Crippen LogP contribution in [0.4, 0.5) is 5.13 Å². The third-order valence-electron chi connectivity index (χ3n) is 5.14. The third kappa shape index (κ3) is 3.54. The molecule has 1 aromatic heterocycles. The number of nitrogens with zero attached hydrogens (tertiary/aromatic N) is 2. The van der Waals surface area contributed by atoms with Crippen molar-refractivity contribution in [2.45, 2.75) is 25.9 Å². The van der Waals surface area contributed by atoms with Crippen molar-refractivity contribution in [2.24, 2.45) is 0 Å². The van der Waals surface area contributed by atoms with E-state index in [-0.39, 0.29) is 18.8 Å². The van der Waals surface area contributed by atoms with Crippen LogP contribution >= 0.6 is 22.9 Å². The highest BCUT2D eigenvalue weighted by atomic mass is 35.5. The van der Waals surface area contributed by atoms with Gasteiger partial charge in [-0.1, -0.05) is 22.9 Å². The Labute approximate surface area is 177 Å². The van der Waals surface area contributed by atoms with Crippen molar-refractivity contribution in [3.8, 4) is 11.5 Å². The van der Waals surface area contributed by atoms with E-state index in [1.807, 2.05) is 19.1 Å². The number of rotatable bonds is 4. The van der Waals surface area contributed by atoms with Crippen LogP contribution in [0.1, 0.15) is 28.8 Å². The van der Waals surface area contributed by atoms with Gasteiger partial charge in [0.2, 0.25) is 6.79 Å². The van der Waals surface area contributed by atoms with Gasteiger partial charge in [-0.15, -0.1) is 0 Å². The van der Waals surface area contributed by atoms with Crippen molar-refractivity contribution in [1.82, 2.24) is 4.98 Å². The van der Waals surface area contributed by atoms with Gasteiger partial charge in [-0.3, -0.25) is 9.69 Å². The summed E-state index contributed by atoms with van der Waals surface area (Å²) in [5.74, 6) is 1.10. The number of carbonyl (C=O) groups excluding carboxylic acids is 1. The van der Waals surface area contributed by atoms with Gasteiger partial charge in [0, 0.05) is 17.2 Å². The fraction of sp³-hybridized carbons (Fsp3) is 0.333. The summed E-state index contributed by atoms with van der Waals surface area (Å²) in [5, 5.41) is 1.31. The minimum atomic E-state index is -0.137. The molecule has 1 amide bonds. The van der Waals surface area contributed by atoms with Crippen LogP contribution < -0.4 is 14.4 Å². The Kier molecular flexibility index (Phi) is 4.81. The fourth-order valence-electron chi connectivity index (χ4n) is 3.68. The van der Waals surface area contributed by atoms with E-state index < -0.39 is 0 Å². The summed E-state index contributed by atoms with van der Waals surface area (Å²) >= 11 is 7.68. The van der Waals surface area contributed by atoms with Crippen molar-refractivity contribution < 1.29 is 19.0 Å². The summed E-state index contributed by atoms with van der Waals surface area (Å²) < 4.78 is 17.6. The van der Waals surface area contributed by atoms with Gasteiger partial charge in [-0.05, 0) is 55.7 Å². The highest BCUT2D eigenvalue weighted by Crippen LogP contribution is 2.36. The molecule has 1 atom stereocenters. The molecule has 8 heteroatoms. The lowest BCUT2D eigenvalue weighted by Gasteiger charge is -2.23. The molecule has 1 unspecified atom stereocenters. The average Bonchev–Trinajstić information content (AvgIpc) is 3.44. The zero-order valence-corrected chi connectivity index (χ0v) is 17.4. The topological polar surface area (TPSA) is 60.9 Å². The number of fused-ring (bicyclic) bond motifs is 2. The first-order valence-corrected chi connectivity index (χ1v) is 10.7. The molecule has 1 saturated heterocycles. The second-order valence-electron chi connectivity index (χ2n) is 7.18. The van der Waals surface area contributed by atoms with Gasteiger partial charge in [0.25, 0.3) is 5.91 Å². The number of thiazole rings is 1. The number of benzene rings is 2. The fourth-order valence-corrected chi connectivity index (χ4v) is 5.11. The number of ether oxygens (including phenoxy) is 3. The minimum Gasteiger partial charge on any atom is -0.454 e. The molecular weight excluding hydrogens is 412 g/mol. The zero-order chi connectivity index (χ0) is 20.0. The zero-order valence-electron chi connectivity index (χ0n) is 15.8. The standard InChI is InChI=1S/C21H19ClN2O4S/c1-12-7-14(22)9-18-19(12)23-21(29-18)24(10-15-3-2-6-26-15)20(25)13-4-5-16-17(8-13)28-11-27-16/h4-5,7-9,15H,2-3,6,10-11H2,1H3. The molecule has 5 rings (SSSR count). The molecule has 29 heavy (non-hydrogen) atoms. The Morgan fingerprint density at radius 2 is 2.14 bits per heavy atom. The van der Waals surface area contributed by atoms with E-state index in [1.54, 1.807) is 23.1 Å². The predicted octanol–water partition coefficient (Wildman–Crippen LogP) is 4.81. The quantitative estimate of drug-likeness (QED) is 0.594. The maximum atomic E-state index is 13.5. The summed E-state index contributed by atoms with van der Waals surface area (Å²) in [7, 11) is 0. The van der Waals surface area contributed by atoms with Crippen LogP contribution in [0.2, 0.25) is 5.02 Å². The van der Waals surface area contributed by atoms with Crippen LogP contribution in [0.3, 0.4) is 0 Å². The molecule has 0 saturated carbocycles. The number of halogens is 1. The molecule has 2 aromatic carbocycles. The number of carbonyl (C=O) groups is 1. The summed E-state index contributed by atoms with van der Waals surface area (Å²) in [6.45, 7) is 3.33. The van der Waals surface area contributed by atoms with Crippen molar-refractivity contribution in [3.05, 3.63) is 46.5 Å². The highest BCUT2D eigenvalue weighted by Gasteiger charge is 2.28. The molecule has 2 aliphatic rings. The van der Waals surface area contributed by atoms with Gasteiger partial charge in [0.15, 0.2) is 16.6 Å². The van der Waals surface area contributed by atoms with Crippen LogP contribution in [-0.4, -0.2) is 36.9 Å². The molecule has 0 bridgehead atoms. The largest absolute Gasteiger partial charge is 0.454 e. The van der Waals surface area contributed by atoms with E-state index in [0.717, 1.165) is 35.2 Å². The molecule has 3 heterocycles. The lowest BCUT2D eigenvalue weighted by atomic mass is 10.1. The van der Waals surface area contributed by atoms with Gasteiger partial charge >= 0.3 is 0 Å². The molecule has 0 N–H and O–H groups in total. The van der Waals surface area contributed by atoms with E-state index in [0.29, 0.717) is 33.8 Å². The van der Waals surface area contributed by atoms with Gasteiger partial charge < -0.3 is 14.2 Å². The second-order valence-corrected chi connectivity index (χ2v) is 8.63. The van der Waals surface area contributed by atoms with E-state index in [4.69, 9.17) is 30.8 Å². The minimum absolute atomic E-state index is 0.00431. The number of amides is 1. The first kappa shape index (κ1) is 18.7. The molecule has 6 nitrogen and oxygen atoms in total. The van der Waals surface area contributed by atoms with Crippen molar-refractivity contribution in [1.29, 1.82) is 0 Å². The van der Waals surface area contributed by atoms with E-state index in [2.05, 4.69) is 0 Å². The molecule has 150 valence electrons. The number of hydrogen-bond acceptors (Lipinski definition) is 6. The smallest absolute Gasteiger partial charge is 0.260 e. The summed E-state index contributed by atoms with van der Waals surface area (Å²) in [4.78, 5) is 20.0. The van der Waals surface area contributed by atoms with Crippen LogP contribution in [0.15, 0.2) is 30.3 Å². The normalized spacial score (nSPS) is 17.8. The first-order valence-electron chi connectivity index (χ1n) is 9.48. The van der Waals surface area contributed by atoms with Gasteiger partial charge in [0.1, 0.15) is 0 Å². The van der Waals surface area contributed by atoms with Gasteiger partial charge in [-0.25, -0.2) is 4.98 Å². The van der Waals surface area contributed by atoms with Crippen LogP contribution in [0.5, 0.6) is 11.5 Å². The molecule has 3 aromatic rings. The van der Waals surface area contributed by atoms with E-state index in [1.165, 1.54) is 11.3 Å². The molecule has 1 fully saturated rings. The van der Waals surface area contributed by atoms with E-state index in [9.17, 15) is 4.79 Å². The molecular formula is C21H19ClN2O4S. The molecule has 2 aliphatic heterocycles. The summed E-state index contributed by atoms with van der Waals surface area (Å²) in [6.07, 6.45) is 1.94. The molecule has 0 aliphatic carbocycles. The predicted molar refractivity (Wildman–Crippen MR) is 113 cm³/mol. The Morgan fingerprint density at radius 3 is 2.97 bits per heavy atom. The van der Waals surface area contributed by atoms with Crippen LogP contribution in [0.25, 0.3) is 10.2 Å². The average molecular weight is 431 g/mol. The summed E-state index contributed by atoms with van der Waals surface area (Å²) in [5.41, 5.74) is 2.38. The number of anilines is 1. The molecule has 0 spiro atoms. The first-order chi connectivity index (χ1) is 14.1. The van der Waals surface area contributed by atoms with Gasteiger partial charge in [-0.2, -0.15) is 0 Å². The maximum Gasteiger partial charge on any atom is 0.260 e. The van der Waals surface area contributed by atoms with Gasteiger partial charge in [0.05, 0.1) is 22.9 Å². The van der Waals surface area contributed by atoms with Crippen LogP contribution in [-0.2, 0) is 4.74 Å². The van der Waals surface area contributed by atoms with Crippen LogP contribution in [0, 0.1) is 6.92 Å². The highest BCUT2D eigenvalue weighted by molar-refractivity contribution is 7.22. The number of aryl methyl sites for hydroxylation is 1. The van der Waals surface area contributed by atoms with Crippen molar-refractivity contribution in [3.63, 3.8) is 0 Å². The van der Waals surface area contributed by atoms with Crippen molar-refractivity contribution >= 4 is 44.2 Å². The Balaban J connectivity index is 1.54. The Bertz CT molecular complexity index is 1090. The molecule has 0 radical (unpaired) electrons. The second kappa shape index (κ2) is 7.48. The van der Waals surface area contributed by atoms with Crippen molar-refractivity contribution in [2.75, 3.05) is 24.8 Å². The third-order valence-corrected chi connectivity index (χ3v) is 6.39. The number of aromatic nitrogens is 1. The monoisotopic (exact) mass is 430 g/mol. The summed E-state index contributed by atoms with van der Waals surface area (Å²) in [6, 6.07) is 9.02. The number of hydrogen-bond donors (Lipinski definition) is 0. The Hall–Kier alpha value is -2.35. The lowest BCUT2D eigenvalue weighted by molar-refractivity contribution is 0.0917. The Morgan fingerprint density at radius 1 is 1.28 bits per heavy atom. The maximum absolute atomic E-state index is 13.5. The SMILES string of the molecule is Cc1cc(Cl)cc2sc(N(CC3CCCO3)C(=O)c3ccc4c(c3)OCO4)nc12. The lowest BCUT2D eigenvalue weighted by Crippen LogP contribution is -2.37. The van der Waals surface area contributed by atoms with E-state index >= 15 is 0 Å².